The minimum absolute atomic E-state index is 0.00334. The number of carbonyl (C=O) groups excluding carboxylic acids is 1. The lowest BCUT2D eigenvalue weighted by Crippen LogP contribution is -2.35. The fraction of sp³-hybridized carbons (Fsp3) is 0.276. The maximum atomic E-state index is 13.2. The van der Waals surface area contributed by atoms with Crippen LogP contribution in [0.25, 0.3) is 0 Å². The Morgan fingerprint density at radius 2 is 1.80 bits per heavy atom. The van der Waals surface area contributed by atoms with Gasteiger partial charge in [0, 0.05) is 43.3 Å². The highest BCUT2D eigenvalue weighted by Crippen LogP contribution is 2.33. The third-order valence-electron chi connectivity index (χ3n) is 7.47. The number of nitrogens with one attached hydrogen (secondary N) is 3. The van der Waals surface area contributed by atoms with Crippen molar-refractivity contribution in [2.45, 2.75) is 32.1 Å². The lowest BCUT2D eigenvalue weighted by molar-refractivity contribution is -0.117. The molecule has 0 atom stereocenters. The predicted octanol–water partition coefficient (Wildman–Crippen LogP) is 5.99. The van der Waals surface area contributed by atoms with Gasteiger partial charge < -0.3 is 26.6 Å². The van der Waals surface area contributed by atoms with E-state index in [-0.39, 0.29) is 11.8 Å². The van der Waals surface area contributed by atoms with Crippen molar-refractivity contribution in [3.8, 4) is 0 Å². The van der Waals surface area contributed by atoms with E-state index in [1.807, 2.05) is 30.5 Å². The quantitative estimate of drug-likeness (QED) is 0.226. The first-order valence-electron chi connectivity index (χ1n) is 13.5. The van der Waals surface area contributed by atoms with Crippen LogP contribution in [0.3, 0.4) is 0 Å². The highest BCUT2D eigenvalue weighted by molar-refractivity contribution is 6.33. The van der Waals surface area contributed by atoms with Gasteiger partial charge >= 0.3 is 0 Å². The molecule has 3 aromatic heterocycles. The lowest BCUT2D eigenvalue weighted by atomic mass is 9.92. The van der Waals surface area contributed by atoms with E-state index < -0.39 is 0 Å². The first kappa shape index (κ1) is 27.0. The van der Waals surface area contributed by atoms with Crippen molar-refractivity contribution in [1.82, 2.24) is 19.9 Å². The molecule has 2 aliphatic rings. The van der Waals surface area contributed by atoms with E-state index in [0.717, 1.165) is 66.2 Å². The number of aromatic nitrogens is 4. The van der Waals surface area contributed by atoms with E-state index in [1.165, 1.54) is 0 Å². The fourth-order valence-electron chi connectivity index (χ4n) is 5.28. The molecule has 1 aromatic carbocycles. The molecule has 210 valence electrons. The number of aryl methyl sites for hydroxylation is 2. The second kappa shape index (κ2) is 11.8. The average molecular weight is 591 g/mol. The molecule has 6 bridgehead atoms. The van der Waals surface area contributed by atoms with Gasteiger partial charge in [0.1, 0.15) is 5.02 Å². The normalized spacial score (nSPS) is 15.0. The number of piperidine rings is 1. The maximum Gasteiger partial charge on any atom is 0.229 e. The van der Waals surface area contributed by atoms with Crippen LogP contribution in [0, 0.1) is 5.92 Å². The monoisotopic (exact) mass is 589 g/mol. The molecule has 12 heteroatoms. The number of nitrogens with zero attached hydrogens (tertiary/aromatic N) is 5. The molecule has 10 nitrogen and oxygen atoms in total. The number of hydrogen-bond donors (Lipinski definition) is 4. The average Bonchev–Trinajstić information content (AvgIpc) is 2.97. The topological polar surface area (TPSA) is 134 Å². The molecule has 0 unspecified atom stereocenters. The molecule has 0 aliphatic carbocycles. The molecule has 1 amide bonds. The molecule has 2 aliphatic heterocycles. The van der Waals surface area contributed by atoms with Gasteiger partial charge in [-0.25, -0.2) is 4.98 Å². The minimum Gasteiger partial charge on any atom is -0.396 e. The van der Waals surface area contributed by atoms with Crippen molar-refractivity contribution in [2.24, 2.45) is 5.92 Å². The van der Waals surface area contributed by atoms with Crippen molar-refractivity contribution in [3.63, 3.8) is 0 Å². The summed E-state index contributed by atoms with van der Waals surface area (Å²) in [5, 5.41) is 10.5. The van der Waals surface area contributed by atoms with Crippen LogP contribution in [0.15, 0.2) is 55.2 Å². The molecular weight excluding hydrogens is 561 g/mol. The van der Waals surface area contributed by atoms with Gasteiger partial charge in [-0.3, -0.25) is 14.8 Å². The summed E-state index contributed by atoms with van der Waals surface area (Å²) < 4.78 is 0. The maximum absolute atomic E-state index is 13.2. The van der Waals surface area contributed by atoms with Gasteiger partial charge in [0.15, 0.2) is 5.82 Å². The Morgan fingerprint density at radius 1 is 0.976 bits per heavy atom. The summed E-state index contributed by atoms with van der Waals surface area (Å²) in [6.07, 6.45) is 12.1. The summed E-state index contributed by atoms with van der Waals surface area (Å²) in [4.78, 5) is 32.7. The summed E-state index contributed by atoms with van der Waals surface area (Å²) in [6.45, 7) is 1.59. The van der Waals surface area contributed by atoms with Crippen LogP contribution in [0.2, 0.25) is 10.0 Å². The summed E-state index contributed by atoms with van der Waals surface area (Å²) in [5.74, 6) is 1.18. The van der Waals surface area contributed by atoms with Crippen LogP contribution >= 0.6 is 23.2 Å². The second-order valence-electron chi connectivity index (χ2n) is 10.3. The molecular formula is C29H29Cl2N9O. The minimum atomic E-state index is 0.00334. The number of pyridine rings is 2. The van der Waals surface area contributed by atoms with Crippen LogP contribution < -0.4 is 26.6 Å². The van der Waals surface area contributed by atoms with E-state index in [0.29, 0.717) is 40.3 Å². The second-order valence-corrected chi connectivity index (χ2v) is 11.1. The zero-order valence-corrected chi connectivity index (χ0v) is 23.7. The van der Waals surface area contributed by atoms with E-state index >= 15 is 0 Å². The van der Waals surface area contributed by atoms with Crippen LogP contribution in [0.1, 0.15) is 30.4 Å². The van der Waals surface area contributed by atoms with E-state index in [2.05, 4.69) is 40.8 Å². The number of carbonyl (C=O) groups is 1. The lowest BCUT2D eigenvalue weighted by Gasteiger charge is -2.34. The molecule has 5 heterocycles. The van der Waals surface area contributed by atoms with E-state index in [4.69, 9.17) is 28.9 Å². The highest BCUT2D eigenvalue weighted by atomic mass is 35.5. The Morgan fingerprint density at radius 3 is 2.66 bits per heavy atom. The fourth-order valence-corrected chi connectivity index (χ4v) is 5.57. The van der Waals surface area contributed by atoms with Gasteiger partial charge in [0.05, 0.1) is 40.7 Å². The van der Waals surface area contributed by atoms with Gasteiger partial charge in [-0.1, -0.05) is 23.2 Å². The molecule has 0 spiro atoms. The number of benzene rings is 1. The first-order chi connectivity index (χ1) is 19.9. The molecule has 1 saturated heterocycles. The first-order valence-corrected chi connectivity index (χ1v) is 14.2. The summed E-state index contributed by atoms with van der Waals surface area (Å²) in [5.41, 5.74) is 12.0. The van der Waals surface area contributed by atoms with Gasteiger partial charge in [-0.2, -0.15) is 4.98 Å². The number of anilines is 7. The van der Waals surface area contributed by atoms with Crippen LogP contribution in [0.5, 0.6) is 0 Å². The van der Waals surface area contributed by atoms with Crippen LogP contribution in [0.4, 0.5) is 40.2 Å². The van der Waals surface area contributed by atoms with Crippen LogP contribution in [-0.4, -0.2) is 38.9 Å². The third kappa shape index (κ3) is 6.28. The standard InChI is InChI=1S/C29H29Cl2N9O/c30-22-14-34-16-25(27(22)32)40-7-5-17(6-8-40)10-26(41)38-24-4-3-20-11-19(24)2-1-18-9-21(13-33-12-18)37-29-35-15-23(31)28(36-20)39-29/h3-4,9,11-17H,1-2,5-8,10H2,(H2,32,34)(H,38,41)(H2,35,36,37,39). The Bertz CT molecular complexity index is 1590. The Labute approximate surface area is 247 Å². The van der Waals surface area contributed by atoms with E-state index in [1.54, 1.807) is 24.8 Å². The molecule has 5 N–H and O–H groups in total. The molecule has 1 fully saturated rings. The molecule has 0 saturated carbocycles. The molecule has 6 rings (SSSR count). The Balaban J connectivity index is 1.16. The number of nitrogen functional groups attached to an aromatic ring is 1. The summed E-state index contributed by atoms with van der Waals surface area (Å²) in [6, 6.07) is 7.89. The zero-order valence-electron chi connectivity index (χ0n) is 22.2. The SMILES string of the molecule is Nc1c(Cl)cncc1N1CCC(CC(=O)Nc2ccc3cc2CCc2cncc(c2)Nc2ncc(Cl)c(n2)N3)CC1. The number of halogens is 2. The largest absolute Gasteiger partial charge is 0.396 e. The van der Waals surface area contributed by atoms with E-state index in [9.17, 15) is 4.79 Å². The van der Waals surface area contributed by atoms with Crippen molar-refractivity contribution in [3.05, 3.63) is 76.4 Å². The Hall–Kier alpha value is -4.15. The molecule has 0 radical (unpaired) electrons. The van der Waals surface area contributed by atoms with Crippen LogP contribution in [-0.2, 0) is 17.6 Å². The predicted molar refractivity (Wildman–Crippen MR) is 164 cm³/mol. The van der Waals surface area contributed by atoms with Crippen molar-refractivity contribution < 1.29 is 4.79 Å². The Kier molecular flexibility index (Phi) is 7.76. The van der Waals surface area contributed by atoms with Gasteiger partial charge in [0.25, 0.3) is 0 Å². The summed E-state index contributed by atoms with van der Waals surface area (Å²) >= 11 is 12.5. The van der Waals surface area contributed by atoms with Gasteiger partial charge in [0.2, 0.25) is 11.9 Å². The highest BCUT2D eigenvalue weighted by Gasteiger charge is 2.24. The number of rotatable bonds is 4. The zero-order chi connectivity index (χ0) is 28.3. The third-order valence-corrected chi connectivity index (χ3v) is 8.05. The van der Waals surface area contributed by atoms with Gasteiger partial charge in [-0.15, -0.1) is 0 Å². The van der Waals surface area contributed by atoms with Gasteiger partial charge in [-0.05, 0) is 67.0 Å². The summed E-state index contributed by atoms with van der Waals surface area (Å²) in [7, 11) is 0. The smallest absolute Gasteiger partial charge is 0.229 e. The van der Waals surface area contributed by atoms with Crippen molar-refractivity contribution in [2.75, 3.05) is 39.7 Å². The molecule has 41 heavy (non-hydrogen) atoms. The number of nitrogens with two attached hydrogens (primary N) is 1. The molecule has 4 aromatic rings. The number of hydrogen-bond acceptors (Lipinski definition) is 9. The van der Waals surface area contributed by atoms with Crippen molar-refractivity contribution in [1.29, 1.82) is 0 Å². The number of fused-ring (bicyclic) bond motifs is 6. The van der Waals surface area contributed by atoms with Crippen molar-refractivity contribution >= 4 is 69.3 Å². The number of amides is 1.